The van der Waals surface area contributed by atoms with Gasteiger partial charge in [-0.1, -0.05) is 48.5 Å². The first-order valence-electron chi connectivity index (χ1n) is 25.4. The molecule has 0 aliphatic heterocycles. The molecule has 2 amide bonds. The minimum atomic E-state index is -4.43. The first kappa shape index (κ1) is 56.1. The Labute approximate surface area is 466 Å². The standard InChI is InChI=1S/C58H47N8O16P/c1-31-47(43-13-3-5-21-63(43)49(31)51(71)35-15-17-39-41(27-35)61-57(77)65(55(39)75)29-45(67)68)33-9-7-11-37(25-33)53(73)59-19-23-81-83(79,80)82-24-20-60-54(74)38-12-8-10-34(26-38)48-32(2)50(64-22-6-4-14-44(48)64)52(72)36-16-18-40-42(28-36)62-58(78)66(56(40)76)30-46(69)70/h3-18,21-22,25-28,79-80H,19-20,23-24,29-30H2,1-2H3,(H5-,59,60,61,62,67,68,69,70,73,74,75,76,77,78)/p+1. The lowest BCUT2D eigenvalue weighted by Gasteiger charge is -2.11. The van der Waals surface area contributed by atoms with E-state index in [1.54, 1.807) is 120 Å². The molecule has 0 bridgehead atoms. The van der Waals surface area contributed by atoms with Crippen LogP contribution in [0.3, 0.4) is 0 Å². The molecular weight excluding hydrogens is 1100 g/mol. The number of aromatic nitrogens is 6. The third kappa shape index (κ3) is 11.1. The second kappa shape index (κ2) is 22.7. The second-order valence-electron chi connectivity index (χ2n) is 19.0. The van der Waals surface area contributed by atoms with E-state index in [9.17, 15) is 57.7 Å². The molecule has 0 radical (unpaired) electrons. The highest BCUT2D eigenvalue weighted by atomic mass is 31.2. The fraction of sp³-hybridized carbons (Fsp3) is 0.138. The number of aliphatic carboxylic acids is 2. The van der Waals surface area contributed by atoms with Crippen LogP contribution in [-0.4, -0.2) is 110 Å². The molecule has 0 aliphatic rings. The van der Waals surface area contributed by atoms with Crippen LogP contribution in [0.25, 0.3) is 55.1 Å². The van der Waals surface area contributed by atoms with Gasteiger partial charge in [-0.25, -0.2) is 18.7 Å². The Morgan fingerprint density at radius 3 is 1.33 bits per heavy atom. The number of nitrogens with one attached hydrogen (secondary N) is 4. The highest BCUT2D eigenvalue weighted by Crippen LogP contribution is 2.52. The van der Waals surface area contributed by atoms with Gasteiger partial charge >= 0.3 is 31.5 Å². The van der Waals surface area contributed by atoms with Crippen molar-refractivity contribution in [2.24, 2.45) is 0 Å². The van der Waals surface area contributed by atoms with Crippen molar-refractivity contribution in [3.63, 3.8) is 0 Å². The van der Waals surface area contributed by atoms with E-state index in [0.29, 0.717) is 53.5 Å². The van der Waals surface area contributed by atoms with Crippen molar-refractivity contribution in [2.75, 3.05) is 26.3 Å². The third-order valence-corrected chi connectivity index (χ3v) is 14.8. The number of carboxylic acid groups (broad SMARTS) is 2. The van der Waals surface area contributed by atoms with Crippen LogP contribution >= 0.6 is 8.17 Å². The number of carbonyl (C=O) groups is 6. The van der Waals surface area contributed by atoms with Gasteiger partial charge in [-0.15, -0.1) is 0 Å². The zero-order chi connectivity index (χ0) is 59.0. The summed E-state index contributed by atoms with van der Waals surface area (Å²) in [5.74, 6) is -4.70. The monoisotopic (exact) mass is 1140 g/mol. The number of carboxylic acids is 2. The van der Waals surface area contributed by atoms with E-state index in [1.807, 2.05) is 0 Å². The summed E-state index contributed by atoms with van der Waals surface area (Å²) in [6, 6.07) is 32.2. The molecule has 0 unspecified atom stereocenters. The lowest BCUT2D eigenvalue weighted by molar-refractivity contribution is -0.138. The number of rotatable bonds is 20. The molecule has 6 heterocycles. The van der Waals surface area contributed by atoms with Gasteiger partial charge in [0.05, 0.1) is 44.2 Å². The van der Waals surface area contributed by atoms with E-state index < -0.39 is 79.1 Å². The highest BCUT2D eigenvalue weighted by Gasteiger charge is 2.39. The molecule has 0 atom stereocenters. The number of H-pyrrole nitrogens is 2. The molecule has 25 heteroatoms. The summed E-state index contributed by atoms with van der Waals surface area (Å²) in [5, 5.41) is 23.7. The summed E-state index contributed by atoms with van der Waals surface area (Å²) in [5.41, 5.74) is 2.70. The van der Waals surface area contributed by atoms with Crippen LogP contribution in [0, 0.1) is 13.8 Å². The van der Waals surface area contributed by atoms with Crippen molar-refractivity contribution in [1.82, 2.24) is 38.5 Å². The number of aromatic amines is 2. The Morgan fingerprint density at radius 1 is 0.518 bits per heavy atom. The quantitative estimate of drug-likeness (QED) is 0.0293. The third-order valence-electron chi connectivity index (χ3n) is 13.8. The maximum absolute atomic E-state index is 14.3. The highest BCUT2D eigenvalue weighted by molar-refractivity contribution is 7.54. The molecular formula is C58H48N8O16P+. The number of pyridine rings is 2. The largest absolute Gasteiger partial charge is 0.570 e. The zero-order valence-electron chi connectivity index (χ0n) is 43.9. The molecule has 10 rings (SSSR count). The molecule has 0 fully saturated rings. The van der Waals surface area contributed by atoms with Gasteiger partial charge in [-0.3, -0.25) is 38.4 Å². The first-order chi connectivity index (χ1) is 39.7. The number of nitrogens with zero attached hydrogens (tertiary/aromatic N) is 4. The maximum Gasteiger partial charge on any atom is 0.570 e. The number of benzene rings is 4. The van der Waals surface area contributed by atoms with E-state index >= 15 is 0 Å². The number of amides is 2. The summed E-state index contributed by atoms with van der Waals surface area (Å²) in [7, 11) is -4.43. The van der Waals surface area contributed by atoms with Gasteiger partial charge < -0.3 is 39.6 Å². The minimum absolute atomic E-state index is 0.0165. The van der Waals surface area contributed by atoms with Gasteiger partial charge in [0.2, 0.25) is 11.6 Å². The molecule has 24 nitrogen and oxygen atoms in total. The average Bonchev–Trinajstić information content (AvgIpc) is 2.86. The molecule has 4 aromatic carbocycles. The van der Waals surface area contributed by atoms with Gasteiger partial charge in [-0.05, 0) is 109 Å². The molecule has 83 heavy (non-hydrogen) atoms. The van der Waals surface area contributed by atoms with E-state index in [0.717, 1.165) is 0 Å². The van der Waals surface area contributed by atoms with Crippen LogP contribution in [0.15, 0.2) is 153 Å². The number of hydrogen-bond donors (Lipinski definition) is 8. The first-order valence-corrected chi connectivity index (χ1v) is 26.9. The van der Waals surface area contributed by atoms with Crippen LogP contribution in [0.5, 0.6) is 0 Å². The summed E-state index contributed by atoms with van der Waals surface area (Å²) in [6.45, 7) is 0.740. The molecule has 0 saturated heterocycles. The smallest absolute Gasteiger partial charge is 0.480 e. The van der Waals surface area contributed by atoms with Gasteiger partial charge in [0.1, 0.15) is 26.3 Å². The predicted octanol–water partition coefficient (Wildman–Crippen LogP) is 4.64. The number of ketones is 2. The van der Waals surface area contributed by atoms with E-state index in [-0.39, 0.29) is 81.8 Å². The summed E-state index contributed by atoms with van der Waals surface area (Å²) in [6.07, 6.45) is 3.40. The van der Waals surface area contributed by atoms with Gasteiger partial charge in [-0.2, -0.15) is 18.8 Å². The van der Waals surface area contributed by atoms with E-state index in [2.05, 4.69) is 20.6 Å². The topological polar surface area (TPSA) is 344 Å². The average molecular weight is 1140 g/mol. The Morgan fingerprint density at radius 2 is 0.928 bits per heavy atom. The summed E-state index contributed by atoms with van der Waals surface area (Å²) in [4.78, 5) is 155. The fourth-order valence-corrected chi connectivity index (χ4v) is 10.8. The van der Waals surface area contributed by atoms with Crippen LogP contribution in [0.2, 0.25) is 0 Å². The SMILES string of the molecule is Cc1c(-c2cccc(C(=O)NCCO[P+](O)(O)OCCNC(=O)c3cccc(-c4c(C)c(C(=O)c5ccc6c(=O)n(CC(=O)O)c(=O)[nH]c6c5)n5ccccc45)c3)c2)c2ccccn2c1C(=O)c1ccc2c(=O)n(CC(=O)O)c(=O)[nH]c2c1. The lowest BCUT2D eigenvalue weighted by atomic mass is 9.97. The van der Waals surface area contributed by atoms with Crippen LogP contribution in [0.4, 0.5) is 0 Å². The molecule has 6 aromatic heterocycles. The Kier molecular flexibility index (Phi) is 15.3. The van der Waals surface area contributed by atoms with Crippen molar-refractivity contribution < 1.29 is 57.8 Å². The van der Waals surface area contributed by atoms with E-state index in [1.165, 1.54) is 36.4 Å². The number of fused-ring (bicyclic) bond motifs is 4. The summed E-state index contributed by atoms with van der Waals surface area (Å²) < 4.78 is 14.9. The molecule has 8 N–H and O–H groups in total. The van der Waals surface area contributed by atoms with Gasteiger partial charge in [0, 0.05) is 58.9 Å². The number of carbonyl (C=O) groups excluding carboxylic acids is 4. The van der Waals surface area contributed by atoms with Crippen molar-refractivity contribution >= 4 is 76.3 Å². The van der Waals surface area contributed by atoms with Gasteiger partial charge in [0.25, 0.3) is 22.9 Å². The normalized spacial score (nSPS) is 11.6. The Balaban J connectivity index is 0.747. The fourth-order valence-electron chi connectivity index (χ4n) is 10.1. The van der Waals surface area contributed by atoms with Gasteiger partial charge in [0.15, 0.2) is 0 Å². The number of hydrogen-bond acceptors (Lipinski definition) is 14. The maximum atomic E-state index is 14.3. The van der Waals surface area contributed by atoms with Crippen LogP contribution < -0.4 is 33.1 Å². The predicted molar refractivity (Wildman–Crippen MR) is 303 cm³/mol. The Bertz CT molecular complexity index is 4340. The molecule has 420 valence electrons. The summed E-state index contributed by atoms with van der Waals surface area (Å²) >= 11 is 0. The van der Waals surface area contributed by atoms with Crippen molar-refractivity contribution in [3.05, 3.63) is 220 Å². The molecule has 10 aromatic rings. The van der Waals surface area contributed by atoms with E-state index in [4.69, 9.17) is 19.3 Å². The Hall–Kier alpha value is -10.2. The molecule has 0 saturated carbocycles. The van der Waals surface area contributed by atoms with Crippen LogP contribution in [-0.2, 0) is 31.7 Å². The minimum Gasteiger partial charge on any atom is -0.480 e. The van der Waals surface area contributed by atoms with Crippen molar-refractivity contribution in [2.45, 2.75) is 26.9 Å². The molecule has 0 aliphatic carbocycles. The van der Waals surface area contributed by atoms with Crippen molar-refractivity contribution in [3.8, 4) is 22.3 Å². The lowest BCUT2D eigenvalue weighted by Crippen LogP contribution is -2.37. The van der Waals surface area contributed by atoms with Crippen molar-refractivity contribution in [1.29, 1.82) is 0 Å². The second-order valence-corrected chi connectivity index (χ2v) is 20.5. The zero-order valence-corrected chi connectivity index (χ0v) is 44.8. The molecule has 0 spiro atoms. The van der Waals surface area contributed by atoms with Crippen LogP contribution in [0.1, 0.15) is 63.9 Å².